The standard InChI is InChI=1S/C21H23NO3/c1-5-25-19-10-14(4)16(11-15(19)13(2)3)17-12-22-9-7-6-8-18(22)20(17)21(23)24/h6-13H,5H2,1-4H3,(H,23,24). The van der Waals surface area contributed by atoms with Crippen LogP contribution in [0.3, 0.4) is 0 Å². The Bertz CT molecular complexity index is 938. The number of fused-ring (bicyclic) bond motifs is 1. The van der Waals surface area contributed by atoms with Crippen LogP contribution in [0.15, 0.2) is 42.7 Å². The van der Waals surface area contributed by atoms with E-state index in [1.54, 1.807) is 0 Å². The highest BCUT2D eigenvalue weighted by Crippen LogP contribution is 2.37. The summed E-state index contributed by atoms with van der Waals surface area (Å²) in [4.78, 5) is 11.9. The summed E-state index contributed by atoms with van der Waals surface area (Å²) >= 11 is 0. The second-order valence-electron chi connectivity index (χ2n) is 6.51. The highest BCUT2D eigenvalue weighted by molar-refractivity contribution is 6.04. The Balaban J connectivity index is 2.29. The predicted octanol–water partition coefficient (Wildman–Crippen LogP) is 5.14. The molecule has 0 amide bonds. The highest BCUT2D eigenvalue weighted by atomic mass is 16.5. The molecule has 1 N–H and O–H groups in total. The van der Waals surface area contributed by atoms with E-state index < -0.39 is 5.97 Å². The third-order valence-electron chi connectivity index (χ3n) is 4.47. The maximum Gasteiger partial charge on any atom is 0.338 e. The quantitative estimate of drug-likeness (QED) is 0.702. The number of nitrogens with zero attached hydrogens (tertiary/aromatic N) is 1. The number of benzene rings is 1. The number of hydrogen-bond donors (Lipinski definition) is 1. The number of hydrogen-bond acceptors (Lipinski definition) is 2. The van der Waals surface area contributed by atoms with Crippen molar-refractivity contribution in [2.45, 2.75) is 33.6 Å². The summed E-state index contributed by atoms with van der Waals surface area (Å²) in [5.41, 5.74) is 4.81. The van der Waals surface area contributed by atoms with Gasteiger partial charge in [0.1, 0.15) is 5.75 Å². The zero-order chi connectivity index (χ0) is 18.1. The first kappa shape index (κ1) is 17.1. The van der Waals surface area contributed by atoms with Gasteiger partial charge < -0.3 is 14.2 Å². The van der Waals surface area contributed by atoms with E-state index in [0.717, 1.165) is 28.0 Å². The van der Waals surface area contributed by atoms with Gasteiger partial charge in [0.25, 0.3) is 0 Å². The van der Waals surface area contributed by atoms with Crippen molar-refractivity contribution in [3.05, 3.63) is 59.4 Å². The van der Waals surface area contributed by atoms with E-state index >= 15 is 0 Å². The Labute approximate surface area is 147 Å². The van der Waals surface area contributed by atoms with Crippen LogP contribution in [-0.2, 0) is 0 Å². The molecular formula is C21H23NO3. The molecule has 2 aromatic heterocycles. The number of pyridine rings is 1. The Hall–Kier alpha value is -2.75. The summed E-state index contributed by atoms with van der Waals surface area (Å²) in [5, 5.41) is 9.78. The molecule has 25 heavy (non-hydrogen) atoms. The van der Waals surface area contributed by atoms with Crippen LogP contribution in [0.25, 0.3) is 16.6 Å². The first-order valence-corrected chi connectivity index (χ1v) is 8.54. The zero-order valence-electron chi connectivity index (χ0n) is 15.0. The molecule has 0 spiro atoms. The molecule has 0 fully saturated rings. The van der Waals surface area contributed by atoms with E-state index in [2.05, 4.69) is 19.9 Å². The summed E-state index contributed by atoms with van der Waals surface area (Å²) in [6.45, 7) is 8.80. The number of aromatic nitrogens is 1. The van der Waals surface area contributed by atoms with Crippen molar-refractivity contribution in [2.75, 3.05) is 6.61 Å². The van der Waals surface area contributed by atoms with Gasteiger partial charge in [-0.1, -0.05) is 19.9 Å². The van der Waals surface area contributed by atoms with Crippen LogP contribution in [0.5, 0.6) is 5.75 Å². The van der Waals surface area contributed by atoms with Crippen LogP contribution >= 0.6 is 0 Å². The molecule has 4 heteroatoms. The lowest BCUT2D eigenvalue weighted by atomic mass is 9.92. The minimum Gasteiger partial charge on any atom is -0.494 e. The topological polar surface area (TPSA) is 50.9 Å². The molecule has 0 bridgehead atoms. The molecule has 130 valence electrons. The largest absolute Gasteiger partial charge is 0.494 e. The van der Waals surface area contributed by atoms with Gasteiger partial charge in [0.15, 0.2) is 0 Å². The summed E-state index contributed by atoms with van der Waals surface area (Å²) in [7, 11) is 0. The third kappa shape index (κ3) is 3.00. The van der Waals surface area contributed by atoms with Gasteiger partial charge in [-0.15, -0.1) is 0 Å². The lowest BCUT2D eigenvalue weighted by Crippen LogP contribution is -2.02. The van der Waals surface area contributed by atoms with Gasteiger partial charge in [0.2, 0.25) is 0 Å². The van der Waals surface area contributed by atoms with Crippen molar-refractivity contribution in [1.82, 2.24) is 4.40 Å². The number of carboxylic acid groups (broad SMARTS) is 1. The Morgan fingerprint density at radius 1 is 1.24 bits per heavy atom. The molecule has 2 heterocycles. The molecule has 4 nitrogen and oxygen atoms in total. The van der Waals surface area contributed by atoms with Crippen LogP contribution < -0.4 is 4.74 Å². The van der Waals surface area contributed by atoms with Crippen molar-refractivity contribution in [3.63, 3.8) is 0 Å². The third-order valence-corrected chi connectivity index (χ3v) is 4.47. The predicted molar refractivity (Wildman–Crippen MR) is 99.8 cm³/mol. The Morgan fingerprint density at radius 3 is 2.64 bits per heavy atom. The number of ether oxygens (including phenoxy) is 1. The Kier molecular flexibility index (Phi) is 4.53. The fourth-order valence-corrected chi connectivity index (χ4v) is 3.27. The molecular weight excluding hydrogens is 314 g/mol. The monoisotopic (exact) mass is 337 g/mol. The van der Waals surface area contributed by atoms with E-state index in [1.807, 2.05) is 54.9 Å². The van der Waals surface area contributed by atoms with Gasteiger partial charge in [-0.25, -0.2) is 4.79 Å². The molecule has 1 aromatic carbocycles. The van der Waals surface area contributed by atoms with Crippen LogP contribution in [0.1, 0.15) is 48.2 Å². The summed E-state index contributed by atoms with van der Waals surface area (Å²) < 4.78 is 7.65. The molecule has 0 radical (unpaired) electrons. The summed E-state index contributed by atoms with van der Waals surface area (Å²) in [5.74, 6) is 0.244. The average molecular weight is 337 g/mol. The maximum atomic E-state index is 11.9. The van der Waals surface area contributed by atoms with E-state index in [4.69, 9.17) is 4.74 Å². The van der Waals surface area contributed by atoms with E-state index in [0.29, 0.717) is 17.7 Å². The smallest absolute Gasteiger partial charge is 0.338 e. The number of rotatable bonds is 5. The molecule has 0 unspecified atom stereocenters. The van der Waals surface area contributed by atoms with E-state index in [-0.39, 0.29) is 5.92 Å². The van der Waals surface area contributed by atoms with Crippen molar-refractivity contribution >= 4 is 11.5 Å². The van der Waals surface area contributed by atoms with Gasteiger partial charge >= 0.3 is 5.97 Å². The Morgan fingerprint density at radius 2 is 2.00 bits per heavy atom. The molecule has 3 aromatic rings. The second-order valence-corrected chi connectivity index (χ2v) is 6.51. The van der Waals surface area contributed by atoms with Crippen molar-refractivity contribution < 1.29 is 14.6 Å². The SMILES string of the molecule is CCOc1cc(C)c(-c2cn3ccccc3c2C(=O)O)cc1C(C)C. The molecule has 0 saturated carbocycles. The van der Waals surface area contributed by atoms with Crippen LogP contribution in [0.2, 0.25) is 0 Å². The average Bonchev–Trinajstić information content (AvgIpc) is 2.94. The minimum atomic E-state index is -0.914. The number of carbonyl (C=O) groups is 1. The van der Waals surface area contributed by atoms with Gasteiger partial charge in [-0.2, -0.15) is 0 Å². The molecule has 3 rings (SSSR count). The lowest BCUT2D eigenvalue weighted by molar-refractivity contribution is 0.0700. The lowest BCUT2D eigenvalue weighted by Gasteiger charge is -2.17. The van der Waals surface area contributed by atoms with Crippen LogP contribution in [0.4, 0.5) is 0 Å². The minimum absolute atomic E-state index is 0.284. The van der Waals surface area contributed by atoms with E-state index in [1.165, 1.54) is 0 Å². The molecule has 0 atom stereocenters. The van der Waals surface area contributed by atoms with Crippen molar-refractivity contribution in [1.29, 1.82) is 0 Å². The van der Waals surface area contributed by atoms with Gasteiger partial charge in [0.05, 0.1) is 17.7 Å². The summed E-state index contributed by atoms with van der Waals surface area (Å²) in [6.07, 6.45) is 3.77. The number of aromatic carboxylic acids is 1. The molecule has 0 saturated heterocycles. The first-order chi connectivity index (χ1) is 11.9. The van der Waals surface area contributed by atoms with Crippen molar-refractivity contribution in [2.24, 2.45) is 0 Å². The van der Waals surface area contributed by atoms with Gasteiger partial charge in [0, 0.05) is 18.0 Å². The van der Waals surface area contributed by atoms with E-state index in [9.17, 15) is 9.90 Å². The highest BCUT2D eigenvalue weighted by Gasteiger charge is 2.21. The number of aryl methyl sites for hydroxylation is 1. The zero-order valence-corrected chi connectivity index (χ0v) is 15.0. The van der Waals surface area contributed by atoms with Gasteiger partial charge in [-0.05, 0) is 60.7 Å². The first-order valence-electron chi connectivity index (χ1n) is 8.54. The summed E-state index contributed by atoms with van der Waals surface area (Å²) in [6, 6.07) is 9.68. The normalized spacial score (nSPS) is 11.2. The van der Waals surface area contributed by atoms with Gasteiger partial charge in [-0.3, -0.25) is 0 Å². The number of carboxylic acids is 1. The molecule has 0 aliphatic rings. The van der Waals surface area contributed by atoms with Crippen LogP contribution in [0, 0.1) is 6.92 Å². The van der Waals surface area contributed by atoms with Crippen molar-refractivity contribution in [3.8, 4) is 16.9 Å². The molecule has 0 aliphatic heterocycles. The fraction of sp³-hybridized carbons (Fsp3) is 0.286. The second kappa shape index (κ2) is 6.63. The maximum absolute atomic E-state index is 11.9. The van der Waals surface area contributed by atoms with Crippen LogP contribution in [-0.4, -0.2) is 22.1 Å². The fourth-order valence-electron chi connectivity index (χ4n) is 3.27. The molecule has 0 aliphatic carbocycles.